The number of methoxy groups -OCH3 is 1. The van der Waals surface area contributed by atoms with Crippen molar-refractivity contribution in [3.63, 3.8) is 0 Å². The molecule has 6 nitrogen and oxygen atoms in total. The zero-order valence-corrected chi connectivity index (χ0v) is 18.3. The van der Waals surface area contributed by atoms with Crippen LogP contribution in [-0.4, -0.2) is 65.8 Å². The van der Waals surface area contributed by atoms with Crippen LogP contribution in [0.5, 0.6) is 0 Å². The first-order valence-corrected chi connectivity index (χ1v) is 10.8. The van der Waals surface area contributed by atoms with Gasteiger partial charge in [0.1, 0.15) is 5.82 Å². The Kier molecular flexibility index (Phi) is 7.99. The average molecular weight is 417 g/mol. The molecule has 1 saturated heterocycles. The maximum Gasteiger partial charge on any atom is 0.274 e. The van der Waals surface area contributed by atoms with Gasteiger partial charge < -0.3 is 9.64 Å². The summed E-state index contributed by atoms with van der Waals surface area (Å²) in [5, 5.41) is 7.26. The van der Waals surface area contributed by atoms with Gasteiger partial charge in [0.05, 0.1) is 6.61 Å². The molecule has 0 atom stereocenters. The smallest absolute Gasteiger partial charge is 0.274 e. The van der Waals surface area contributed by atoms with Gasteiger partial charge >= 0.3 is 0 Å². The number of carbonyl (C=O) groups is 1. The minimum atomic E-state index is -0.142. The van der Waals surface area contributed by atoms with Crippen molar-refractivity contribution < 1.29 is 13.9 Å². The lowest BCUT2D eigenvalue weighted by molar-refractivity contribution is 0.0611. The van der Waals surface area contributed by atoms with Gasteiger partial charge in [-0.2, -0.15) is 5.10 Å². The van der Waals surface area contributed by atoms with Gasteiger partial charge in [-0.3, -0.25) is 14.8 Å². The van der Waals surface area contributed by atoms with Crippen LogP contribution in [0.15, 0.2) is 24.3 Å². The van der Waals surface area contributed by atoms with Gasteiger partial charge in [0, 0.05) is 43.6 Å². The Bertz CT molecular complexity index is 830. The Morgan fingerprint density at radius 2 is 2.07 bits per heavy atom. The second-order valence-electron chi connectivity index (χ2n) is 8.08. The molecule has 1 aromatic heterocycles. The molecular formula is C23H33FN4O2. The van der Waals surface area contributed by atoms with E-state index in [1.165, 1.54) is 6.07 Å². The molecule has 0 aliphatic carbocycles. The summed E-state index contributed by atoms with van der Waals surface area (Å²) >= 11 is 0. The van der Waals surface area contributed by atoms with Crippen molar-refractivity contribution in [2.45, 2.75) is 39.7 Å². The number of halogens is 1. The number of aryl methyl sites for hydroxylation is 1. The molecule has 0 saturated carbocycles. The molecule has 2 aromatic rings. The van der Waals surface area contributed by atoms with Crippen LogP contribution >= 0.6 is 0 Å². The lowest BCUT2D eigenvalue weighted by Gasteiger charge is -2.35. The lowest BCUT2D eigenvalue weighted by atomic mass is 9.95. The summed E-state index contributed by atoms with van der Waals surface area (Å²) in [6.45, 7) is 8.21. The van der Waals surface area contributed by atoms with E-state index in [4.69, 9.17) is 4.74 Å². The molecule has 164 valence electrons. The molecule has 1 fully saturated rings. The monoisotopic (exact) mass is 416 g/mol. The first-order chi connectivity index (χ1) is 14.5. The standard InChI is InChI=1S/C23H33FN4O2/c1-4-21-17(2)22(26-25-21)23(29)28(13-14-30-3)15-18-9-11-27(12-10-18)16-19-7-5-6-8-20(19)24/h5-8,18H,4,9-16H2,1-3H3,(H,25,26). The largest absolute Gasteiger partial charge is 0.383 e. The lowest BCUT2D eigenvalue weighted by Crippen LogP contribution is -2.42. The summed E-state index contributed by atoms with van der Waals surface area (Å²) in [6, 6.07) is 6.97. The summed E-state index contributed by atoms with van der Waals surface area (Å²) in [6.07, 6.45) is 2.81. The van der Waals surface area contributed by atoms with Crippen LogP contribution < -0.4 is 0 Å². The number of ether oxygens (including phenoxy) is 1. The molecule has 0 spiro atoms. The number of hydrogen-bond acceptors (Lipinski definition) is 4. The molecule has 3 rings (SSSR count). The number of piperidine rings is 1. The molecule has 0 radical (unpaired) electrons. The molecule has 30 heavy (non-hydrogen) atoms. The predicted octanol–water partition coefficient (Wildman–Crippen LogP) is 3.42. The van der Waals surface area contributed by atoms with E-state index < -0.39 is 0 Å². The summed E-state index contributed by atoms with van der Waals surface area (Å²) in [4.78, 5) is 17.3. The van der Waals surface area contributed by atoms with E-state index in [9.17, 15) is 9.18 Å². The number of likely N-dealkylation sites (tertiary alicyclic amines) is 1. The molecular weight excluding hydrogens is 383 g/mol. The van der Waals surface area contributed by atoms with E-state index in [1.54, 1.807) is 13.2 Å². The van der Waals surface area contributed by atoms with Gasteiger partial charge in [0.15, 0.2) is 5.69 Å². The normalized spacial score (nSPS) is 15.5. The van der Waals surface area contributed by atoms with E-state index in [1.807, 2.05) is 30.9 Å². The second-order valence-corrected chi connectivity index (χ2v) is 8.08. The number of aromatic nitrogens is 2. The summed E-state index contributed by atoms with van der Waals surface area (Å²) < 4.78 is 19.2. The second kappa shape index (κ2) is 10.7. The summed E-state index contributed by atoms with van der Waals surface area (Å²) in [5.41, 5.74) is 3.20. The van der Waals surface area contributed by atoms with Crippen molar-refractivity contribution in [1.82, 2.24) is 20.0 Å². The Hall–Kier alpha value is -2.25. The first-order valence-electron chi connectivity index (χ1n) is 10.8. The molecule has 1 aromatic carbocycles. The highest BCUT2D eigenvalue weighted by Gasteiger charge is 2.27. The number of amides is 1. The molecule has 0 unspecified atom stereocenters. The first kappa shape index (κ1) is 22.4. The quantitative estimate of drug-likeness (QED) is 0.680. The van der Waals surface area contributed by atoms with E-state index >= 15 is 0 Å². The molecule has 2 heterocycles. The number of nitrogens with one attached hydrogen (secondary N) is 1. The number of hydrogen-bond donors (Lipinski definition) is 1. The van der Waals surface area contributed by atoms with Gasteiger partial charge in [-0.05, 0) is 51.3 Å². The van der Waals surface area contributed by atoms with Gasteiger partial charge in [-0.25, -0.2) is 4.39 Å². The van der Waals surface area contributed by atoms with Crippen LogP contribution in [0.25, 0.3) is 0 Å². The fourth-order valence-corrected chi connectivity index (χ4v) is 4.12. The Labute approximate surface area is 178 Å². The number of H-pyrrole nitrogens is 1. The SMILES string of the molecule is CCc1[nH]nc(C(=O)N(CCOC)CC2CCN(Cc3ccccc3F)CC2)c1C. The van der Waals surface area contributed by atoms with E-state index in [-0.39, 0.29) is 11.7 Å². The van der Waals surface area contributed by atoms with Crippen molar-refractivity contribution in [2.75, 3.05) is 39.9 Å². The fraction of sp³-hybridized carbons (Fsp3) is 0.565. The maximum atomic E-state index is 13.9. The predicted molar refractivity (Wildman–Crippen MR) is 115 cm³/mol. The van der Waals surface area contributed by atoms with Crippen molar-refractivity contribution in [3.8, 4) is 0 Å². The highest BCUT2D eigenvalue weighted by Crippen LogP contribution is 2.22. The van der Waals surface area contributed by atoms with E-state index in [0.29, 0.717) is 37.9 Å². The Morgan fingerprint density at radius 3 is 2.70 bits per heavy atom. The summed E-state index contributed by atoms with van der Waals surface area (Å²) in [5.74, 6) is 0.249. The van der Waals surface area contributed by atoms with Crippen LogP contribution in [0.4, 0.5) is 4.39 Å². The van der Waals surface area contributed by atoms with Gasteiger partial charge in [0.2, 0.25) is 0 Å². The summed E-state index contributed by atoms with van der Waals surface area (Å²) in [7, 11) is 1.65. The number of benzene rings is 1. The van der Waals surface area contributed by atoms with Gasteiger partial charge in [0.25, 0.3) is 5.91 Å². The molecule has 1 aliphatic rings. The minimum absolute atomic E-state index is 0.0331. The molecule has 1 amide bonds. The van der Waals surface area contributed by atoms with E-state index in [2.05, 4.69) is 15.1 Å². The highest BCUT2D eigenvalue weighted by atomic mass is 19.1. The zero-order chi connectivity index (χ0) is 21.5. The van der Waals surface area contributed by atoms with Crippen molar-refractivity contribution in [1.29, 1.82) is 0 Å². The van der Waals surface area contributed by atoms with Crippen LogP contribution in [0.2, 0.25) is 0 Å². The number of carbonyl (C=O) groups excluding carboxylic acids is 1. The third-order valence-corrected chi connectivity index (χ3v) is 6.06. The highest BCUT2D eigenvalue weighted by molar-refractivity contribution is 5.94. The molecule has 1 aliphatic heterocycles. The van der Waals surface area contributed by atoms with Gasteiger partial charge in [-0.15, -0.1) is 0 Å². The maximum absolute atomic E-state index is 13.9. The molecule has 1 N–H and O–H groups in total. The van der Waals surface area contributed by atoms with Gasteiger partial charge in [-0.1, -0.05) is 25.1 Å². The van der Waals surface area contributed by atoms with Crippen LogP contribution in [-0.2, 0) is 17.7 Å². The molecule has 0 bridgehead atoms. The van der Waals surface area contributed by atoms with Crippen molar-refractivity contribution in [3.05, 3.63) is 52.6 Å². The average Bonchev–Trinajstić information content (AvgIpc) is 3.13. The number of rotatable bonds is 9. The third kappa shape index (κ3) is 5.46. The molecule has 7 heteroatoms. The van der Waals surface area contributed by atoms with Crippen molar-refractivity contribution in [2.24, 2.45) is 5.92 Å². The van der Waals surface area contributed by atoms with Crippen molar-refractivity contribution >= 4 is 5.91 Å². The minimum Gasteiger partial charge on any atom is -0.383 e. The van der Waals surface area contributed by atoms with Crippen LogP contribution in [0.3, 0.4) is 0 Å². The Morgan fingerprint density at radius 1 is 1.33 bits per heavy atom. The Balaban J connectivity index is 1.58. The van der Waals surface area contributed by atoms with E-state index in [0.717, 1.165) is 49.2 Å². The number of aromatic amines is 1. The van der Waals surface area contributed by atoms with Crippen LogP contribution in [0, 0.1) is 18.7 Å². The van der Waals surface area contributed by atoms with Crippen LogP contribution in [0.1, 0.15) is 47.1 Å². The third-order valence-electron chi connectivity index (χ3n) is 6.06. The number of nitrogens with zero attached hydrogens (tertiary/aromatic N) is 3. The topological polar surface area (TPSA) is 61.5 Å². The fourth-order valence-electron chi connectivity index (χ4n) is 4.12. The zero-order valence-electron chi connectivity index (χ0n) is 18.3.